The van der Waals surface area contributed by atoms with E-state index in [1.165, 1.54) is 0 Å². The summed E-state index contributed by atoms with van der Waals surface area (Å²) in [4.78, 5) is 13.3. The third-order valence-electron chi connectivity index (χ3n) is 1.70. The number of rotatable bonds is 4. The largest absolute Gasteiger partial charge is 0.341 e. The maximum absolute atomic E-state index is 11.7. The molecular formula is C10H18BrNO. The predicted molar refractivity (Wildman–Crippen MR) is 60.0 cm³/mol. The van der Waals surface area contributed by atoms with Gasteiger partial charge >= 0.3 is 0 Å². The van der Waals surface area contributed by atoms with Crippen LogP contribution < -0.4 is 0 Å². The fourth-order valence-corrected chi connectivity index (χ4v) is 1.33. The zero-order valence-electron chi connectivity index (χ0n) is 8.80. The summed E-state index contributed by atoms with van der Waals surface area (Å²) in [5, 5.41) is 0. The van der Waals surface area contributed by atoms with Gasteiger partial charge in [0.1, 0.15) is 0 Å². The van der Waals surface area contributed by atoms with Crippen molar-refractivity contribution in [2.24, 2.45) is 5.92 Å². The predicted octanol–water partition coefficient (Wildman–Crippen LogP) is 2.44. The Hall–Kier alpha value is -0.310. The lowest BCUT2D eigenvalue weighted by atomic mass is 10.1. The Morgan fingerprint density at radius 2 is 2.00 bits per heavy atom. The Morgan fingerprint density at radius 1 is 1.54 bits per heavy atom. The first kappa shape index (κ1) is 12.7. The van der Waals surface area contributed by atoms with Crippen LogP contribution in [0.5, 0.6) is 0 Å². The van der Waals surface area contributed by atoms with E-state index in [-0.39, 0.29) is 10.7 Å². The standard InChI is InChI=1S/C10H18BrNO/c1-7(2)6-12(5)10(13)9(11)8(3)4/h8-9H,1,6H2,2-5H3. The summed E-state index contributed by atoms with van der Waals surface area (Å²) in [7, 11) is 1.80. The van der Waals surface area contributed by atoms with Gasteiger partial charge in [0.15, 0.2) is 0 Å². The van der Waals surface area contributed by atoms with E-state index in [1.54, 1.807) is 11.9 Å². The minimum Gasteiger partial charge on any atom is -0.341 e. The van der Waals surface area contributed by atoms with Crippen LogP contribution in [0.3, 0.4) is 0 Å². The molecule has 0 radical (unpaired) electrons. The van der Waals surface area contributed by atoms with Crippen molar-refractivity contribution in [1.29, 1.82) is 0 Å². The van der Waals surface area contributed by atoms with E-state index >= 15 is 0 Å². The maximum atomic E-state index is 11.7. The minimum absolute atomic E-state index is 0.0863. The average molecular weight is 248 g/mol. The summed E-state index contributed by atoms with van der Waals surface area (Å²) in [6.45, 7) is 10.4. The third kappa shape index (κ3) is 4.46. The molecule has 0 aliphatic carbocycles. The molecule has 0 spiro atoms. The molecule has 76 valence electrons. The molecule has 0 saturated carbocycles. The van der Waals surface area contributed by atoms with Crippen LogP contribution >= 0.6 is 15.9 Å². The number of hydrogen-bond acceptors (Lipinski definition) is 1. The van der Waals surface area contributed by atoms with Crippen molar-refractivity contribution in [3.8, 4) is 0 Å². The molecule has 0 aromatic rings. The van der Waals surface area contributed by atoms with E-state index in [0.717, 1.165) is 5.57 Å². The molecule has 0 rings (SSSR count). The van der Waals surface area contributed by atoms with Crippen molar-refractivity contribution in [1.82, 2.24) is 4.90 Å². The molecule has 0 saturated heterocycles. The van der Waals surface area contributed by atoms with E-state index in [1.807, 2.05) is 20.8 Å². The van der Waals surface area contributed by atoms with Crippen molar-refractivity contribution in [3.63, 3.8) is 0 Å². The average Bonchev–Trinajstić information content (AvgIpc) is 2.00. The summed E-state index contributed by atoms with van der Waals surface area (Å²) in [5.74, 6) is 0.443. The van der Waals surface area contributed by atoms with Crippen LogP contribution in [0.2, 0.25) is 0 Å². The second-order valence-corrected chi connectivity index (χ2v) is 4.78. The number of alkyl halides is 1. The van der Waals surface area contributed by atoms with E-state index < -0.39 is 0 Å². The summed E-state index contributed by atoms with van der Waals surface area (Å²) >= 11 is 3.38. The number of likely N-dealkylation sites (N-methyl/N-ethyl adjacent to an activating group) is 1. The van der Waals surface area contributed by atoms with Gasteiger partial charge in [-0.1, -0.05) is 41.9 Å². The Labute approximate surface area is 89.1 Å². The zero-order valence-corrected chi connectivity index (χ0v) is 10.4. The fraction of sp³-hybridized carbons (Fsp3) is 0.700. The van der Waals surface area contributed by atoms with E-state index in [0.29, 0.717) is 12.5 Å². The molecule has 1 amide bonds. The van der Waals surface area contributed by atoms with Crippen molar-refractivity contribution >= 4 is 21.8 Å². The number of nitrogens with zero attached hydrogens (tertiary/aromatic N) is 1. The second kappa shape index (κ2) is 5.43. The lowest BCUT2D eigenvalue weighted by Crippen LogP contribution is -2.36. The summed E-state index contributed by atoms with van der Waals surface area (Å²) in [6, 6.07) is 0. The van der Waals surface area contributed by atoms with Gasteiger partial charge in [-0.05, 0) is 12.8 Å². The van der Waals surface area contributed by atoms with Gasteiger partial charge in [-0.3, -0.25) is 4.79 Å². The van der Waals surface area contributed by atoms with E-state index in [9.17, 15) is 4.79 Å². The third-order valence-corrected chi connectivity index (χ3v) is 3.15. The van der Waals surface area contributed by atoms with Crippen LogP contribution in [0, 0.1) is 5.92 Å². The quantitative estimate of drug-likeness (QED) is 0.552. The van der Waals surface area contributed by atoms with Gasteiger partial charge in [0.25, 0.3) is 0 Å². The van der Waals surface area contributed by atoms with Crippen LogP contribution in [-0.4, -0.2) is 29.2 Å². The summed E-state index contributed by atoms with van der Waals surface area (Å²) < 4.78 is 0. The molecule has 1 unspecified atom stereocenters. The molecule has 0 heterocycles. The first-order valence-corrected chi connectivity index (χ1v) is 5.31. The molecule has 2 nitrogen and oxygen atoms in total. The van der Waals surface area contributed by atoms with Gasteiger partial charge in [-0.15, -0.1) is 0 Å². The van der Waals surface area contributed by atoms with Crippen molar-refractivity contribution in [2.45, 2.75) is 25.6 Å². The highest BCUT2D eigenvalue weighted by atomic mass is 79.9. The zero-order chi connectivity index (χ0) is 10.6. The maximum Gasteiger partial charge on any atom is 0.236 e. The van der Waals surface area contributed by atoms with Crippen LogP contribution in [0.25, 0.3) is 0 Å². The Morgan fingerprint density at radius 3 is 2.31 bits per heavy atom. The molecule has 1 atom stereocenters. The summed E-state index contributed by atoms with van der Waals surface area (Å²) in [6.07, 6.45) is 0. The molecule has 13 heavy (non-hydrogen) atoms. The van der Waals surface area contributed by atoms with E-state index in [4.69, 9.17) is 0 Å². The minimum atomic E-state index is -0.0863. The number of carbonyl (C=O) groups is 1. The highest BCUT2D eigenvalue weighted by Crippen LogP contribution is 2.14. The van der Waals surface area contributed by atoms with E-state index in [2.05, 4.69) is 22.5 Å². The lowest BCUT2D eigenvalue weighted by Gasteiger charge is -2.22. The Kier molecular flexibility index (Phi) is 5.30. The van der Waals surface area contributed by atoms with Gasteiger partial charge in [-0.25, -0.2) is 0 Å². The highest BCUT2D eigenvalue weighted by molar-refractivity contribution is 9.10. The van der Waals surface area contributed by atoms with Crippen LogP contribution in [-0.2, 0) is 4.79 Å². The van der Waals surface area contributed by atoms with Crippen molar-refractivity contribution < 1.29 is 4.79 Å². The molecule has 0 fully saturated rings. The first-order valence-electron chi connectivity index (χ1n) is 4.39. The van der Waals surface area contributed by atoms with Gasteiger partial charge in [-0.2, -0.15) is 0 Å². The smallest absolute Gasteiger partial charge is 0.236 e. The van der Waals surface area contributed by atoms with Gasteiger partial charge in [0.2, 0.25) is 5.91 Å². The number of hydrogen-bond donors (Lipinski definition) is 0. The van der Waals surface area contributed by atoms with Gasteiger partial charge < -0.3 is 4.90 Å². The molecule has 0 aromatic heterocycles. The van der Waals surface area contributed by atoms with Crippen molar-refractivity contribution in [3.05, 3.63) is 12.2 Å². The Balaban J connectivity index is 4.17. The monoisotopic (exact) mass is 247 g/mol. The summed E-state index contributed by atoms with van der Waals surface area (Å²) in [5.41, 5.74) is 0.999. The normalized spacial score (nSPS) is 12.8. The van der Waals surface area contributed by atoms with Gasteiger partial charge in [0.05, 0.1) is 4.83 Å². The number of halogens is 1. The molecule has 0 N–H and O–H groups in total. The number of carbonyl (C=O) groups excluding carboxylic acids is 1. The molecule has 0 aliphatic heterocycles. The topological polar surface area (TPSA) is 20.3 Å². The van der Waals surface area contributed by atoms with Crippen LogP contribution in [0.15, 0.2) is 12.2 Å². The number of amides is 1. The lowest BCUT2D eigenvalue weighted by molar-refractivity contribution is -0.129. The molecule has 0 aromatic carbocycles. The van der Waals surface area contributed by atoms with Crippen molar-refractivity contribution in [2.75, 3.05) is 13.6 Å². The fourth-order valence-electron chi connectivity index (χ4n) is 0.978. The van der Waals surface area contributed by atoms with Gasteiger partial charge in [0, 0.05) is 13.6 Å². The SMILES string of the molecule is C=C(C)CN(C)C(=O)C(Br)C(C)C. The molecule has 0 aliphatic rings. The molecule has 3 heteroatoms. The van der Waals surface area contributed by atoms with Crippen LogP contribution in [0.1, 0.15) is 20.8 Å². The Bertz CT molecular complexity index is 201. The van der Waals surface area contributed by atoms with Crippen LogP contribution in [0.4, 0.5) is 0 Å². The first-order chi connectivity index (χ1) is 5.86. The molecule has 0 bridgehead atoms. The molecular weight excluding hydrogens is 230 g/mol. The second-order valence-electron chi connectivity index (χ2n) is 3.80. The highest BCUT2D eigenvalue weighted by Gasteiger charge is 2.21.